The average Bonchev–Trinajstić information content (AvgIpc) is 2.12. The summed E-state index contributed by atoms with van der Waals surface area (Å²) in [5.74, 6) is 0. The van der Waals surface area contributed by atoms with Crippen LogP contribution in [0.1, 0.15) is 0 Å². The van der Waals surface area contributed by atoms with Crippen LogP contribution in [0.3, 0.4) is 0 Å². The highest BCUT2D eigenvalue weighted by molar-refractivity contribution is 5.64. The van der Waals surface area contributed by atoms with E-state index < -0.39 is 6.09 Å². The predicted octanol–water partition coefficient (Wildman–Crippen LogP) is -2.23. The highest BCUT2D eigenvalue weighted by atomic mass is 16.4. The van der Waals surface area contributed by atoms with E-state index in [-0.39, 0.29) is 5.48 Å². The molecule has 3 N–H and O–H groups in total. The van der Waals surface area contributed by atoms with Gasteiger partial charge in [-0.05, 0) is 25.7 Å². The molecule has 0 aliphatic heterocycles. The molecule has 0 bridgehead atoms. The van der Waals surface area contributed by atoms with Crippen LogP contribution in [-0.4, -0.2) is 42.3 Å². The zero-order valence-corrected chi connectivity index (χ0v) is 4.09. The van der Waals surface area contributed by atoms with Crippen LogP contribution < -0.4 is 0 Å². The molecule has 9 heavy (non-hydrogen) atoms. The summed E-state index contributed by atoms with van der Waals surface area (Å²) < 4.78 is 0. The third-order valence-electron chi connectivity index (χ3n) is 0.461. The largest absolute Gasteiger partial charge is 0.462 e. The summed E-state index contributed by atoms with van der Waals surface area (Å²) in [5.41, 5.74) is 0. The van der Waals surface area contributed by atoms with Gasteiger partial charge in [-0.2, -0.15) is 0 Å². The molecule has 1 aromatic rings. The van der Waals surface area contributed by atoms with Crippen molar-refractivity contribution in [1.82, 2.24) is 25.7 Å². The Morgan fingerprint density at radius 1 is 1.33 bits per heavy atom. The minimum atomic E-state index is -1.30. The van der Waals surface area contributed by atoms with Gasteiger partial charge in [0.25, 0.3) is 0 Å². The standard InChI is InChI=1S/CHN5O2.H2O/c7-1(8)6-4-2-3-5-6;/h(H,7,8);1H2. The lowest BCUT2D eigenvalue weighted by molar-refractivity contribution is 0.187. The molecule has 0 aliphatic carbocycles. The lowest BCUT2D eigenvalue weighted by Gasteiger charge is -1.78. The molecule has 1 aromatic heterocycles. The molecule has 8 heteroatoms. The molecule has 0 atom stereocenters. The summed E-state index contributed by atoms with van der Waals surface area (Å²) in [5, 5.41) is 19.8. The van der Waals surface area contributed by atoms with Crippen LogP contribution in [-0.2, 0) is 0 Å². The molecule has 0 unspecified atom stereocenters. The van der Waals surface area contributed by atoms with Crippen molar-refractivity contribution in [3.63, 3.8) is 0 Å². The van der Waals surface area contributed by atoms with Gasteiger partial charge in [0, 0.05) is 0 Å². The summed E-state index contributed by atoms with van der Waals surface area (Å²) in [6.45, 7) is 0. The number of carboxylic acid groups (broad SMARTS) is 1. The van der Waals surface area contributed by atoms with Gasteiger partial charge in [0.05, 0.1) is 0 Å². The topological polar surface area (TPSA) is 125 Å². The highest BCUT2D eigenvalue weighted by Crippen LogP contribution is 1.65. The molecule has 0 spiro atoms. The maximum absolute atomic E-state index is 9.82. The van der Waals surface area contributed by atoms with Gasteiger partial charge >= 0.3 is 6.09 Å². The van der Waals surface area contributed by atoms with Gasteiger partial charge in [0.15, 0.2) is 0 Å². The van der Waals surface area contributed by atoms with Crippen LogP contribution in [0.5, 0.6) is 0 Å². The third-order valence-corrected chi connectivity index (χ3v) is 0.461. The predicted molar refractivity (Wildman–Crippen MR) is 22.6 cm³/mol. The van der Waals surface area contributed by atoms with Gasteiger partial charge in [-0.3, -0.25) is 0 Å². The SMILES string of the molecule is O.O=C(O)n1nnnn1. The number of rotatable bonds is 0. The zero-order valence-electron chi connectivity index (χ0n) is 4.09. The van der Waals surface area contributed by atoms with E-state index in [0.717, 1.165) is 0 Å². The van der Waals surface area contributed by atoms with Gasteiger partial charge in [0.2, 0.25) is 0 Å². The Kier molecular flexibility index (Phi) is 2.20. The number of hydrogen-bond acceptors (Lipinski definition) is 5. The summed E-state index contributed by atoms with van der Waals surface area (Å²) in [7, 11) is 0. The smallest absolute Gasteiger partial charge is 0.452 e. The minimum absolute atomic E-state index is 0. The first-order chi connectivity index (χ1) is 3.80. The van der Waals surface area contributed by atoms with Crippen molar-refractivity contribution in [3.8, 4) is 0 Å². The second-order valence-corrected chi connectivity index (χ2v) is 0.930. The van der Waals surface area contributed by atoms with Gasteiger partial charge < -0.3 is 10.6 Å². The van der Waals surface area contributed by atoms with E-state index >= 15 is 0 Å². The Labute approximate surface area is 48.4 Å². The van der Waals surface area contributed by atoms with Gasteiger partial charge in [-0.1, -0.05) is 0 Å². The van der Waals surface area contributed by atoms with Gasteiger partial charge in [-0.15, -0.1) is 0 Å². The molecule has 0 amide bonds. The maximum atomic E-state index is 9.82. The Hall–Kier alpha value is -1.57. The van der Waals surface area contributed by atoms with Crippen LogP contribution in [0.25, 0.3) is 0 Å². The first-order valence-electron chi connectivity index (χ1n) is 1.65. The summed E-state index contributed by atoms with van der Waals surface area (Å²) in [6.07, 6.45) is -1.30. The van der Waals surface area contributed by atoms with E-state index in [4.69, 9.17) is 5.11 Å². The normalized spacial score (nSPS) is 8.00. The Morgan fingerprint density at radius 2 is 1.78 bits per heavy atom. The van der Waals surface area contributed by atoms with Gasteiger partial charge in [0.1, 0.15) is 0 Å². The van der Waals surface area contributed by atoms with Crippen LogP contribution in [0.15, 0.2) is 0 Å². The van der Waals surface area contributed by atoms with E-state index in [1.54, 1.807) is 0 Å². The number of aromatic nitrogens is 5. The number of hydrogen-bond donors (Lipinski definition) is 1. The molecular weight excluding hydrogens is 130 g/mol. The third kappa shape index (κ3) is 1.42. The summed E-state index contributed by atoms with van der Waals surface area (Å²) in [6, 6.07) is 0. The number of carbonyl (C=O) groups is 1. The second kappa shape index (κ2) is 2.67. The van der Waals surface area contributed by atoms with E-state index in [2.05, 4.69) is 20.9 Å². The van der Waals surface area contributed by atoms with Crippen molar-refractivity contribution in [2.75, 3.05) is 0 Å². The zero-order chi connectivity index (χ0) is 5.98. The molecule has 1 heterocycles. The molecule has 50 valence electrons. The quantitative estimate of drug-likeness (QED) is 0.426. The van der Waals surface area contributed by atoms with Crippen LogP contribution >= 0.6 is 0 Å². The van der Waals surface area contributed by atoms with Crippen molar-refractivity contribution in [2.24, 2.45) is 0 Å². The minimum Gasteiger partial charge on any atom is -0.462 e. The first kappa shape index (κ1) is 7.43. The highest BCUT2D eigenvalue weighted by Gasteiger charge is 2.00. The monoisotopic (exact) mass is 133 g/mol. The fourth-order valence-corrected chi connectivity index (χ4v) is 0.206. The molecule has 8 nitrogen and oxygen atoms in total. The first-order valence-corrected chi connectivity index (χ1v) is 1.65. The molecule has 1 rings (SSSR count). The van der Waals surface area contributed by atoms with Crippen molar-refractivity contribution in [1.29, 1.82) is 0 Å². The van der Waals surface area contributed by atoms with Crippen molar-refractivity contribution in [3.05, 3.63) is 0 Å². The average molecular weight is 133 g/mol. The summed E-state index contributed by atoms with van der Waals surface area (Å²) >= 11 is 0. The van der Waals surface area contributed by atoms with E-state index in [1.807, 2.05) is 0 Å². The maximum Gasteiger partial charge on any atom is 0.452 e. The molecular formula is CH3N5O3. The Morgan fingerprint density at radius 3 is 2.00 bits per heavy atom. The molecule has 0 saturated carbocycles. The van der Waals surface area contributed by atoms with Crippen molar-refractivity contribution >= 4 is 6.09 Å². The van der Waals surface area contributed by atoms with Crippen LogP contribution in [0, 0.1) is 0 Å². The van der Waals surface area contributed by atoms with E-state index in [1.165, 1.54) is 0 Å². The molecule has 0 radical (unpaired) electrons. The molecule has 0 fully saturated rings. The fourth-order valence-electron chi connectivity index (χ4n) is 0.206. The summed E-state index contributed by atoms with van der Waals surface area (Å²) in [4.78, 5) is 10.2. The fraction of sp³-hybridized carbons (Fsp3) is 0. The van der Waals surface area contributed by atoms with Crippen LogP contribution in [0.4, 0.5) is 4.79 Å². The molecule has 0 saturated heterocycles. The van der Waals surface area contributed by atoms with Gasteiger partial charge in [-0.25, -0.2) is 4.79 Å². The van der Waals surface area contributed by atoms with E-state index in [0.29, 0.717) is 4.80 Å². The molecule has 0 aliphatic rings. The van der Waals surface area contributed by atoms with Crippen molar-refractivity contribution < 1.29 is 15.4 Å². The van der Waals surface area contributed by atoms with Crippen molar-refractivity contribution in [2.45, 2.75) is 0 Å². The Bertz CT molecular complexity index is 180. The Balaban J connectivity index is 0.000000640. The lowest BCUT2D eigenvalue weighted by Crippen LogP contribution is -2.11. The number of nitrogens with zero attached hydrogens (tertiary/aromatic N) is 5. The van der Waals surface area contributed by atoms with Crippen LogP contribution in [0.2, 0.25) is 0 Å². The molecule has 0 aromatic carbocycles. The second-order valence-electron chi connectivity index (χ2n) is 0.930. The van der Waals surface area contributed by atoms with E-state index in [9.17, 15) is 4.79 Å². The lowest BCUT2D eigenvalue weighted by atomic mass is 11.2.